The lowest BCUT2D eigenvalue weighted by Crippen LogP contribution is -2.05. The molecule has 2 aromatic rings. The van der Waals surface area contributed by atoms with E-state index in [0.717, 1.165) is 22.7 Å². The van der Waals surface area contributed by atoms with Crippen LogP contribution in [0.3, 0.4) is 0 Å². The predicted octanol–water partition coefficient (Wildman–Crippen LogP) is 2.98. The molecule has 0 aliphatic rings. The van der Waals surface area contributed by atoms with E-state index in [-0.39, 0.29) is 6.04 Å². The average molecular weight is 280 g/mol. The zero-order valence-corrected chi connectivity index (χ0v) is 12.1. The summed E-state index contributed by atoms with van der Waals surface area (Å²) < 4.78 is 7.46. The van der Waals surface area contributed by atoms with Crippen molar-refractivity contribution >= 4 is 11.6 Å². The number of benzene rings is 1. The molecule has 0 bridgehead atoms. The fourth-order valence-electron chi connectivity index (χ4n) is 1.86. The Hall–Kier alpha value is -1.52. The summed E-state index contributed by atoms with van der Waals surface area (Å²) in [7, 11) is 1.86. The van der Waals surface area contributed by atoms with E-state index in [2.05, 4.69) is 5.10 Å². The monoisotopic (exact) mass is 279 g/mol. The summed E-state index contributed by atoms with van der Waals surface area (Å²) in [6, 6.07) is 7.79. The molecule has 1 aromatic heterocycles. The second-order valence-electron chi connectivity index (χ2n) is 4.62. The fourth-order valence-corrected chi connectivity index (χ4v) is 2.07. The van der Waals surface area contributed by atoms with E-state index in [1.165, 1.54) is 0 Å². The fraction of sp³-hybridized carbons (Fsp3) is 0.357. The first-order valence-corrected chi connectivity index (χ1v) is 6.53. The number of halogens is 1. The van der Waals surface area contributed by atoms with Gasteiger partial charge in [-0.3, -0.25) is 4.68 Å². The first-order valence-electron chi connectivity index (χ1n) is 6.15. The van der Waals surface area contributed by atoms with Gasteiger partial charge < -0.3 is 10.5 Å². The zero-order valence-electron chi connectivity index (χ0n) is 11.4. The van der Waals surface area contributed by atoms with Crippen LogP contribution in [-0.4, -0.2) is 9.78 Å². The molecule has 2 rings (SSSR count). The lowest BCUT2D eigenvalue weighted by atomic mass is 10.1. The van der Waals surface area contributed by atoms with Crippen LogP contribution in [0.15, 0.2) is 24.3 Å². The Morgan fingerprint density at radius 1 is 1.37 bits per heavy atom. The third-order valence-corrected chi connectivity index (χ3v) is 3.53. The topological polar surface area (TPSA) is 53.1 Å². The second kappa shape index (κ2) is 5.63. The summed E-state index contributed by atoms with van der Waals surface area (Å²) in [6.07, 6.45) is 0. The standard InChI is InChI=1S/C14H18ClN3O/c1-9(16)11-4-6-12(7-5-11)19-8-13-14(15)10(2)17-18(13)3/h4-7,9H,8,16H2,1-3H3. The average Bonchev–Trinajstić information content (AvgIpc) is 2.62. The maximum absolute atomic E-state index is 6.17. The first-order chi connectivity index (χ1) is 8.99. The summed E-state index contributed by atoms with van der Waals surface area (Å²) in [5.74, 6) is 0.791. The normalized spacial score (nSPS) is 12.5. The van der Waals surface area contributed by atoms with E-state index in [1.54, 1.807) is 4.68 Å². The Labute approximate surface area is 118 Å². The van der Waals surface area contributed by atoms with E-state index in [1.807, 2.05) is 45.2 Å². The van der Waals surface area contributed by atoms with Crippen LogP contribution >= 0.6 is 11.6 Å². The van der Waals surface area contributed by atoms with Gasteiger partial charge >= 0.3 is 0 Å². The molecule has 0 spiro atoms. The molecule has 5 heteroatoms. The Balaban J connectivity index is 2.06. The van der Waals surface area contributed by atoms with Crippen molar-refractivity contribution in [2.45, 2.75) is 26.5 Å². The molecule has 1 heterocycles. The smallest absolute Gasteiger partial charge is 0.131 e. The second-order valence-corrected chi connectivity index (χ2v) is 4.99. The molecular formula is C14H18ClN3O. The number of hydrogen-bond acceptors (Lipinski definition) is 3. The van der Waals surface area contributed by atoms with E-state index in [0.29, 0.717) is 11.6 Å². The van der Waals surface area contributed by atoms with Crippen LogP contribution in [0, 0.1) is 6.92 Å². The molecule has 0 radical (unpaired) electrons. The van der Waals surface area contributed by atoms with Crippen LogP contribution in [0.4, 0.5) is 0 Å². The Bertz CT molecular complexity index is 561. The summed E-state index contributed by atoms with van der Waals surface area (Å²) >= 11 is 6.17. The Morgan fingerprint density at radius 3 is 2.47 bits per heavy atom. The van der Waals surface area contributed by atoms with Crippen molar-refractivity contribution in [3.63, 3.8) is 0 Å². The molecule has 1 unspecified atom stereocenters. The van der Waals surface area contributed by atoms with Gasteiger partial charge in [-0.25, -0.2) is 0 Å². The molecule has 102 valence electrons. The number of aryl methyl sites for hydroxylation is 2. The van der Waals surface area contributed by atoms with Gasteiger partial charge in [0.25, 0.3) is 0 Å². The van der Waals surface area contributed by atoms with Gasteiger partial charge in [0.2, 0.25) is 0 Å². The maximum atomic E-state index is 6.17. The summed E-state index contributed by atoms with van der Waals surface area (Å²) in [6.45, 7) is 4.23. The van der Waals surface area contributed by atoms with Gasteiger partial charge in [-0.05, 0) is 31.5 Å². The minimum atomic E-state index is 0.0308. The van der Waals surface area contributed by atoms with Gasteiger partial charge in [-0.1, -0.05) is 23.7 Å². The minimum Gasteiger partial charge on any atom is -0.487 e. The molecule has 4 nitrogen and oxygen atoms in total. The highest BCUT2D eigenvalue weighted by molar-refractivity contribution is 6.31. The molecule has 0 aliphatic heterocycles. The quantitative estimate of drug-likeness (QED) is 0.936. The number of aromatic nitrogens is 2. The Morgan fingerprint density at radius 2 is 2.00 bits per heavy atom. The van der Waals surface area contributed by atoms with E-state index in [9.17, 15) is 0 Å². The van der Waals surface area contributed by atoms with Gasteiger partial charge in [-0.2, -0.15) is 5.10 Å². The molecule has 0 amide bonds. The lowest BCUT2D eigenvalue weighted by molar-refractivity contribution is 0.295. The van der Waals surface area contributed by atoms with Crippen molar-refractivity contribution in [2.24, 2.45) is 12.8 Å². The molecule has 0 saturated heterocycles. The largest absolute Gasteiger partial charge is 0.487 e. The molecule has 19 heavy (non-hydrogen) atoms. The highest BCUT2D eigenvalue weighted by atomic mass is 35.5. The van der Waals surface area contributed by atoms with Crippen molar-refractivity contribution in [1.29, 1.82) is 0 Å². The van der Waals surface area contributed by atoms with Crippen molar-refractivity contribution in [3.8, 4) is 5.75 Å². The number of nitrogens with two attached hydrogens (primary N) is 1. The van der Waals surface area contributed by atoms with Crippen LogP contribution in [0.25, 0.3) is 0 Å². The number of hydrogen-bond donors (Lipinski definition) is 1. The van der Waals surface area contributed by atoms with Crippen LogP contribution in [0.2, 0.25) is 5.02 Å². The number of nitrogens with zero attached hydrogens (tertiary/aromatic N) is 2. The van der Waals surface area contributed by atoms with Crippen LogP contribution in [0.1, 0.15) is 29.9 Å². The highest BCUT2D eigenvalue weighted by Crippen LogP contribution is 2.22. The molecule has 0 fully saturated rings. The first kappa shape index (κ1) is 13.9. The van der Waals surface area contributed by atoms with Gasteiger partial charge in [0.15, 0.2) is 0 Å². The molecule has 1 aromatic carbocycles. The molecular weight excluding hydrogens is 262 g/mol. The van der Waals surface area contributed by atoms with Crippen molar-refractivity contribution in [3.05, 3.63) is 46.2 Å². The molecule has 0 aliphatic carbocycles. The van der Waals surface area contributed by atoms with Crippen LogP contribution in [-0.2, 0) is 13.7 Å². The van der Waals surface area contributed by atoms with Crippen LogP contribution in [0.5, 0.6) is 5.75 Å². The molecule has 2 N–H and O–H groups in total. The van der Waals surface area contributed by atoms with Gasteiger partial charge in [0.1, 0.15) is 12.4 Å². The summed E-state index contributed by atoms with van der Waals surface area (Å²) in [5.41, 5.74) is 8.57. The van der Waals surface area contributed by atoms with E-state index in [4.69, 9.17) is 22.1 Å². The van der Waals surface area contributed by atoms with Crippen LogP contribution < -0.4 is 10.5 Å². The lowest BCUT2D eigenvalue weighted by Gasteiger charge is -2.09. The highest BCUT2D eigenvalue weighted by Gasteiger charge is 2.11. The summed E-state index contributed by atoms with van der Waals surface area (Å²) in [4.78, 5) is 0. The third-order valence-electron chi connectivity index (χ3n) is 3.04. The Kier molecular flexibility index (Phi) is 4.12. The number of ether oxygens (including phenoxy) is 1. The van der Waals surface area contributed by atoms with Gasteiger partial charge in [-0.15, -0.1) is 0 Å². The van der Waals surface area contributed by atoms with Crippen molar-refractivity contribution < 1.29 is 4.74 Å². The molecule has 1 atom stereocenters. The van der Waals surface area contributed by atoms with Crippen molar-refractivity contribution in [1.82, 2.24) is 9.78 Å². The predicted molar refractivity (Wildman–Crippen MR) is 76.3 cm³/mol. The SMILES string of the molecule is Cc1nn(C)c(COc2ccc(C(C)N)cc2)c1Cl. The third kappa shape index (κ3) is 3.08. The molecule has 0 saturated carbocycles. The van der Waals surface area contributed by atoms with E-state index >= 15 is 0 Å². The van der Waals surface area contributed by atoms with Gasteiger partial charge in [0, 0.05) is 13.1 Å². The van der Waals surface area contributed by atoms with Gasteiger partial charge in [0.05, 0.1) is 16.4 Å². The van der Waals surface area contributed by atoms with E-state index < -0.39 is 0 Å². The maximum Gasteiger partial charge on any atom is 0.131 e. The summed E-state index contributed by atoms with van der Waals surface area (Å²) in [5, 5.41) is 4.91. The van der Waals surface area contributed by atoms with Crippen molar-refractivity contribution in [2.75, 3.05) is 0 Å². The minimum absolute atomic E-state index is 0.0308. The number of rotatable bonds is 4. The zero-order chi connectivity index (χ0) is 14.0.